The van der Waals surface area contributed by atoms with Gasteiger partial charge in [-0.1, -0.05) is 13.8 Å². The molecule has 0 saturated heterocycles. The number of rotatable bonds is 9. The highest BCUT2D eigenvalue weighted by molar-refractivity contribution is 6.05. The van der Waals surface area contributed by atoms with Crippen molar-refractivity contribution >= 4 is 23.9 Å². The highest BCUT2D eigenvalue weighted by Gasteiger charge is 2.53. The predicted molar refractivity (Wildman–Crippen MR) is 120 cm³/mol. The molecule has 3 atom stereocenters. The van der Waals surface area contributed by atoms with Crippen molar-refractivity contribution in [3.8, 4) is 0 Å². The first-order valence-electron chi connectivity index (χ1n) is 11.6. The zero-order valence-electron chi connectivity index (χ0n) is 20.5. The van der Waals surface area contributed by atoms with Gasteiger partial charge in [-0.05, 0) is 59.3 Å². The average molecular weight is 454 g/mol. The van der Waals surface area contributed by atoms with E-state index in [0.29, 0.717) is 38.9 Å². The number of carbonyl (C=O) groups is 3. The molecule has 1 aliphatic carbocycles. The number of carbonyl (C=O) groups excluding carboxylic acids is 3. The number of amides is 2. The van der Waals surface area contributed by atoms with Crippen LogP contribution in [0.15, 0.2) is 4.99 Å². The molecule has 1 saturated carbocycles. The number of ether oxygens (including phenoxy) is 3. The molecule has 2 aliphatic rings. The number of hydrogen-bond acceptors (Lipinski definition) is 7. The molecule has 0 aromatic heterocycles. The van der Waals surface area contributed by atoms with Gasteiger partial charge in [0.2, 0.25) is 11.9 Å². The van der Waals surface area contributed by atoms with E-state index in [2.05, 4.69) is 5.32 Å². The number of hydrogen-bond donors (Lipinski definition) is 1. The fourth-order valence-corrected chi connectivity index (χ4v) is 4.22. The van der Waals surface area contributed by atoms with Crippen LogP contribution >= 0.6 is 0 Å². The van der Waals surface area contributed by atoms with Crippen LogP contribution < -0.4 is 5.32 Å². The van der Waals surface area contributed by atoms with Crippen LogP contribution in [-0.2, 0) is 23.8 Å². The second-order valence-electron chi connectivity index (χ2n) is 9.54. The van der Waals surface area contributed by atoms with Gasteiger partial charge in [-0.15, -0.1) is 0 Å². The maximum absolute atomic E-state index is 13.4. The fraction of sp³-hybridized carbons (Fsp3) is 0.826. The fourth-order valence-electron chi connectivity index (χ4n) is 4.22. The molecule has 2 rings (SSSR count). The van der Waals surface area contributed by atoms with Gasteiger partial charge in [0, 0.05) is 19.8 Å². The smallest absolute Gasteiger partial charge is 0.414 e. The Morgan fingerprint density at radius 3 is 2.44 bits per heavy atom. The van der Waals surface area contributed by atoms with Crippen LogP contribution in [0, 0.1) is 11.8 Å². The second kappa shape index (κ2) is 10.6. The molecular formula is C23H39N3O6. The first kappa shape index (κ1) is 26.1. The van der Waals surface area contributed by atoms with Crippen molar-refractivity contribution in [1.29, 1.82) is 0 Å². The topological polar surface area (TPSA) is 107 Å². The van der Waals surface area contributed by atoms with E-state index in [4.69, 9.17) is 19.2 Å². The van der Waals surface area contributed by atoms with Crippen LogP contribution in [0.5, 0.6) is 0 Å². The van der Waals surface area contributed by atoms with Crippen LogP contribution in [0.4, 0.5) is 4.79 Å². The standard InChI is InChI=1S/C23H39N3O6/c1-8-23(9-2)14-18(27)26(20(25-23)24-21(29)32-22(4,5)6)17(11-12-30-7)15-13-16(15)19(28)31-10-3/h15-17H,8-14H2,1-7H3,(H,24,25,29)/t15-,16?,17?/m0/s1. The third-order valence-electron chi connectivity index (χ3n) is 6.12. The summed E-state index contributed by atoms with van der Waals surface area (Å²) in [6.45, 7) is 11.8. The SMILES string of the molecule is CCOC(=O)C1C[C@@H]1C(CCOC)N1C(=O)CC(CC)(CC)N=C1NC(=O)OC(C)(C)C. The largest absolute Gasteiger partial charge is 0.466 e. The Morgan fingerprint density at radius 2 is 1.91 bits per heavy atom. The number of methoxy groups -OCH3 is 1. The van der Waals surface area contributed by atoms with Crippen molar-refractivity contribution in [2.75, 3.05) is 20.3 Å². The van der Waals surface area contributed by atoms with E-state index >= 15 is 0 Å². The van der Waals surface area contributed by atoms with Gasteiger partial charge in [-0.25, -0.2) is 9.79 Å². The van der Waals surface area contributed by atoms with Crippen molar-refractivity contribution in [2.45, 2.75) is 90.8 Å². The van der Waals surface area contributed by atoms with Gasteiger partial charge in [-0.2, -0.15) is 0 Å². The van der Waals surface area contributed by atoms with Gasteiger partial charge >= 0.3 is 12.1 Å². The molecule has 182 valence electrons. The van der Waals surface area contributed by atoms with Gasteiger partial charge < -0.3 is 14.2 Å². The van der Waals surface area contributed by atoms with Crippen molar-refractivity contribution in [3.05, 3.63) is 0 Å². The average Bonchev–Trinajstić information content (AvgIpc) is 3.49. The van der Waals surface area contributed by atoms with Crippen LogP contribution in [0.3, 0.4) is 0 Å². The molecule has 1 aliphatic heterocycles. The number of esters is 1. The Kier molecular flexibility index (Phi) is 8.67. The van der Waals surface area contributed by atoms with Gasteiger partial charge in [0.05, 0.1) is 24.5 Å². The monoisotopic (exact) mass is 453 g/mol. The molecule has 0 aromatic carbocycles. The maximum Gasteiger partial charge on any atom is 0.414 e. The zero-order valence-corrected chi connectivity index (χ0v) is 20.5. The minimum Gasteiger partial charge on any atom is -0.466 e. The summed E-state index contributed by atoms with van der Waals surface area (Å²) in [5.41, 5.74) is -1.27. The summed E-state index contributed by atoms with van der Waals surface area (Å²) >= 11 is 0. The minimum atomic E-state index is -0.693. The quantitative estimate of drug-likeness (QED) is 0.537. The van der Waals surface area contributed by atoms with E-state index in [1.807, 2.05) is 13.8 Å². The molecule has 32 heavy (non-hydrogen) atoms. The number of alkyl carbamates (subject to hydrolysis) is 1. The minimum absolute atomic E-state index is 0.0745. The van der Waals surface area contributed by atoms with Gasteiger partial charge in [-0.3, -0.25) is 19.8 Å². The van der Waals surface area contributed by atoms with E-state index in [1.165, 1.54) is 0 Å². The Hall–Kier alpha value is -2.16. The molecule has 2 unspecified atom stereocenters. The van der Waals surface area contributed by atoms with Crippen molar-refractivity contribution in [3.63, 3.8) is 0 Å². The van der Waals surface area contributed by atoms with Crippen LogP contribution in [0.25, 0.3) is 0 Å². The Bertz CT molecular complexity index is 726. The van der Waals surface area contributed by atoms with Crippen molar-refractivity contribution in [1.82, 2.24) is 10.2 Å². The van der Waals surface area contributed by atoms with E-state index < -0.39 is 17.2 Å². The number of nitrogens with one attached hydrogen (secondary N) is 1. The van der Waals surface area contributed by atoms with E-state index in [9.17, 15) is 14.4 Å². The van der Waals surface area contributed by atoms with Crippen LogP contribution in [0.1, 0.15) is 73.6 Å². The normalized spacial score (nSPS) is 23.3. The molecule has 9 heteroatoms. The highest BCUT2D eigenvalue weighted by atomic mass is 16.6. The maximum atomic E-state index is 13.4. The lowest BCUT2D eigenvalue weighted by atomic mass is 9.87. The highest BCUT2D eigenvalue weighted by Crippen LogP contribution is 2.46. The summed E-state index contributed by atoms with van der Waals surface area (Å²) in [4.78, 5) is 44.7. The van der Waals surface area contributed by atoms with Gasteiger partial charge in [0.15, 0.2) is 0 Å². The van der Waals surface area contributed by atoms with Gasteiger partial charge in [0.1, 0.15) is 5.60 Å². The van der Waals surface area contributed by atoms with E-state index in [-0.39, 0.29) is 42.1 Å². The predicted octanol–water partition coefficient (Wildman–Crippen LogP) is 3.26. The number of nitrogens with zero attached hydrogens (tertiary/aromatic N) is 2. The number of aliphatic imine (C=N–C) groups is 1. The van der Waals surface area contributed by atoms with Gasteiger partial charge in [0.25, 0.3) is 0 Å². The molecular weight excluding hydrogens is 414 g/mol. The molecule has 0 radical (unpaired) electrons. The molecule has 1 fully saturated rings. The summed E-state index contributed by atoms with van der Waals surface area (Å²) in [6, 6.07) is -0.336. The summed E-state index contributed by atoms with van der Waals surface area (Å²) in [5.74, 6) is -0.523. The lowest BCUT2D eigenvalue weighted by Gasteiger charge is -2.41. The van der Waals surface area contributed by atoms with Crippen molar-refractivity contribution < 1.29 is 28.6 Å². The molecule has 9 nitrogen and oxygen atoms in total. The third-order valence-corrected chi connectivity index (χ3v) is 6.12. The molecule has 0 spiro atoms. The van der Waals surface area contributed by atoms with Crippen LogP contribution in [0.2, 0.25) is 0 Å². The second-order valence-corrected chi connectivity index (χ2v) is 9.54. The molecule has 1 heterocycles. The third kappa shape index (κ3) is 6.43. The van der Waals surface area contributed by atoms with Crippen molar-refractivity contribution in [2.24, 2.45) is 16.8 Å². The number of guanidine groups is 1. The Morgan fingerprint density at radius 1 is 1.25 bits per heavy atom. The summed E-state index contributed by atoms with van der Waals surface area (Å²) in [5, 5.41) is 2.73. The summed E-state index contributed by atoms with van der Waals surface area (Å²) < 4.78 is 15.9. The van der Waals surface area contributed by atoms with Crippen LogP contribution in [-0.4, -0.2) is 66.3 Å². The Labute approximate surface area is 191 Å². The molecule has 1 N–H and O–H groups in total. The lowest BCUT2D eigenvalue weighted by Crippen LogP contribution is -2.59. The van der Waals surface area contributed by atoms with E-state index in [1.54, 1.807) is 39.7 Å². The zero-order chi connectivity index (χ0) is 24.1. The summed E-state index contributed by atoms with van der Waals surface area (Å²) in [6.07, 6.45) is 2.06. The lowest BCUT2D eigenvalue weighted by molar-refractivity contribution is -0.145. The van der Waals surface area contributed by atoms with E-state index in [0.717, 1.165) is 0 Å². The first-order chi connectivity index (χ1) is 15.0. The first-order valence-corrected chi connectivity index (χ1v) is 11.6. The summed E-state index contributed by atoms with van der Waals surface area (Å²) in [7, 11) is 1.60. The molecule has 0 bridgehead atoms. The molecule has 0 aromatic rings. The Balaban J connectivity index is 2.38. The molecule has 2 amide bonds.